The summed E-state index contributed by atoms with van der Waals surface area (Å²) in [5.74, 6) is -10.7. The van der Waals surface area contributed by atoms with Crippen LogP contribution in [0.3, 0.4) is 0 Å². The van der Waals surface area contributed by atoms with Crippen LogP contribution in [0.2, 0.25) is 0 Å². The van der Waals surface area contributed by atoms with Crippen molar-refractivity contribution in [2.24, 2.45) is 4.99 Å². The molecule has 148 valence electrons. The SMILES string of the molecule is Cc1cccc(C=Nc2c(F)c(F)c(F)c(F)c2F)c1O.FCF.[Cl][Ti][Cl]. The Kier molecular flexibility index (Phi) is 12.4. The minimum absolute atomic E-state index is 0.0824. The van der Waals surface area contributed by atoms with Gasteiger partial charge in [0.2, 0.25) is 12.7 Å². The van der Waals surface area contributed by atoms with Crippen molar-refractivity contribution in [2.45, 2.75) is 6.92 Å². The van der Waals surface area contributed by atoms with Gasteiger partial charge in [0.25, 0.3) is 0 Å². The third kappa shape index (κ3) is 7.33. The van der Waals surface area contributed by atoms with Gasteiger partial charge in [0, 0.05) is 11.8 Å². The van der Waals surface area contributed by atoms with Gasteiger partial charge in [-0.2, -0.15) is 0 Å². The van der Waals surface area contributed by atoms with Crippen molar-refractivity contribution in [3.63, 3.8) is 0 Å². The van der Waals surface area contributed by atoms with E-state index in [-0.39, 0.29) is 11.3 Å². The Hall–Kier alpha value is -1.29. The van der Waals surface area contributed by atoms with E-state index in [0.717, 1.165) is 6.21 Å². The second-order valence-corrected chi connectivity index (χ2v) is 6.94. The summed E-state index contributed by atoms with van der Waals surface area (Å²) in [4.78, 5) is 3.26. The Balaban J connectivity index is 0.000000997. The van der Waals surface area contributed by atoms with E-state index in [2.05, 4.69) is 4.99 Å². The number of nitrogens with zero attached hydrogens (tertiary/aromatic N) is 1. The summed E-state index contributed by atoms with van der Waals surface area (Å²) in [5, 5.41) is 9.68. The zero-order valence-corrected chi connectivity index (χ0v) is 16.4. The molecule has 0 amide bonds. The molecule has 2 aromatic rings. The van der Waals surface area contributed by atoms with Crippen molar-refractivity contribution >= 4 is 30.5 Å². The number of hydrogen-bond acceptors (Lipinski definition) is 2. The first-order chi connectivity index (χ1) is 12.7. The van der Waals surface area contributed by atoms with Crippen molar-refractivity contribution in [3.05, 3.63) is 58.4 Å². The molecule has 0 heterocycles. The molecule has 0 fully saturated rings. The van der Waals surface area contributed by atoms with E-state index < -0.39 is 58.7 Å². The summed E-state index contributed by atoms with van der Waals surface area (Å²) in [7, 11) is 9.78. The van der Waals surface area contributed by atoms with Crippen LogP contribution in [0, 0.1) is 36.0 Å². The Morgan fingerprint density at radius 2 is 1.37 bits per heavy atom. The third-order valence-electron chi connectivity index (χ3n) is 2.79. The van der Waals surface area contributed by atoms with Crippen LogP contribution in [-0.2, 0) is 17.0 Å². The van der Waals surface area contributed by atoms with E-state index in [1.807, 2.05) is 0 Å². The van der Waals surface area contributed by atoms with Crippen molar-refractivity contribution in [1.29, 1.82) is 0 Å². The van der Waals surface area contributed by atoms with Crippen LogP contribution in [0.4, 0.5) is 36.4 Å². The van der Waals surface area contributed by atoms with Crippen LogP contribution in [-0.4, -0.2) is 18.2 Å². The minimum atomic E-state index is -2.25. The maximum atomic E-state index is 13.4. The van der Waals surface area contributed by atoms with E-state index in [0.29, 0.717) is 5.56 Å². The number of aliphatic imine (C=N–C) groups is 1. The standard InChI is InChI=1S/C14H8F5NO.CH2F2.2ClH.Ti/c1-6-3-2-4-7(14(6)21)5-20-13-11(18)9(16)8(15)10(17)12(13)19;2-1-3;;;/h2-5,21H,1H3;1H2;2*1H;/q;;;;+2/p-2. The molecule has 0 aliphatic rings. The van der Waals surface area contributed by atoms with Gasteiger partial charge in [-0.25, -0.2) is 35.7 Å². The average molecular weight is 472 g/mol. The molecule has 27 heavy (non-hydrogen) atoms. The Morgan fingerprint density at radius 1 is 0.963 bits per heavy atom. The van der Waals surface area contributed by atoms with Gasteiger partial charge in [-0.05, 0) is 18.6 Å². The fourth-order valence-electron chi connectivity index (χ4n) is 1.63. The van der Waals surface area contributed by atoms with Gasteiger partial charge in [0.15, 0.2) is 23.3 Å². The number of phenolic OH excluding ortho intramolecular Hbond substituents is 1. The molecule has 0 unspecified atom stereocenters. The average Bonchev–Trinajstić information content (AvgIpc) is 2.63. The number of rotatable bonds is 2. The second kappa shape index (κ2) is 13.0. The van der Waals surface area contributed by atoms with E-state index in [1.54, 1.807) is 13.0 Å². The summed E-state index contributed by atoms with van der Waals surface area (Å²) < 4.78 is 84.9. The van der Waals surface area contributed by atoms with Gasteiger partial charge in [-0.15, -0.1) is 0 Å². The molecule has 1 N–H and O–H groups in total. The number of aromatic hydroxyl groups is 1. The number of benzene rings is 2. The van der Waals surface area contributed by atoms with Crippen molar-refractivity contribution in [2.75, 3.05) is 6.93 Å². The number of para-hydroxylation sites is 1. The van der Waals surface area contributed by atoms with Crippen LogP contribution in [0.25, 0.3) is 0 Å². The molecule has 0 saturated carbocycles. The summed E-state index contributed by atoms with van der Waals surface area (Å²) in [6, 6.07) is 4.48. The first-order valence-corrected chi connectivity index (χ1v) is 10.9. The first kappa shape index (κ1) is 25.7. The third-order valence-corrected chi connectivity index (χ3v) is 2.79. The maximum absolute atomic E-state index is 13.4. The molecule has 2 nitrogen and oxygen atoms in total. The molecule has 0 aliphatic carbocycles. The van der Waals surface area contributed by atoms with Gasteiger partial charge in [0.05, 0.1) is 0 Å². The van der Waals surface area contributed by atoms with Gasteiger partial charge in [-0.3, -0.25) is 0 Å². The van der Waals surface area contributed by atoms with Gasteiger partial charge in [0.1, 0.15) is 11.4 Å². The summed E-state index contributed by atoms with van der Waals surface area (Å²) in [6.45, 7) is -0.176. The summed E-state index contributed by atoms with van der Waals surface area (Å²) in [6.07, 6.45) is 0.820. The summed E-state index contributed by atoms with van der Waals surface area (Å²) in [5.41, 5.74) is -0.761. The molecule has 12 heteroatoms. The van der Waals surface area contributed by atoms with Crippen LogP contribution in [0.1, 0.15) is 11.1 Å². The molecule has 2 aromatic carbocycles. The Labute approximate surface area is 166 Å². The second-order valence-electron chi connectivity index (χ2n) is 4.36. The molecule has 0 bridgehead atoms. The summed E-state index contributed by atoms with van der Waals surface area (Å²) >= 11 is -0.556. The van der Waals surface area contributed by atoms with E-state index >= 15 is 0 Å². The van der Waals surface area contributed by atoms with Crippen molar-refractivity contribution < 1.29 is 52.9 Å². The molecule has 0 aromatic heterocycles. The molecule has 0 spiro atoms. The fraction of sp³-hybridized carbons (Fsp3) is 0.133. The van der Waals surface area contributed by atoms with E-state index in [4.69, 9.17) is 18.6 Å². The fourth-order valence-corrected chi connectivity index (χ4v) is 1.63. The molecule has 0 atom stereocenters. The molecule has 0 saturated heterocycles. The van der Waals surface area contributed by atoms with Crippen LogP contribution in [0.15, 0.2) is 23.2 Å². The van der Waals surface area contributed by atoms with Gasteiger partial charge >= 0.3 is 35.6 Å². The number of halogens is 9. The number of alkyl halides is 2. The van der Waals surface area contributed by atoms with Crippen molar-refractivity contribution in [3.8, 4) is 5.75 Å². The number of phenols is 1. The zero-order valence-electron chi connectivity index (χ0n) is 13.3. The zero-order chi connectivity index (χ0) is 21.1. The number of hydrogen-bond donors (Lipinski definition) is 1. The predicted octanol–water partition coefficient (Wildman–Crippen LogP) is 6.41. The number of aryl methyl sites for hydroxylation is 1. The molecule has 2 rings (SSSR count). The van der Waals surface area contributed by atoms with Crippen LogP contribution in [0.5, 0.6) is 5.75 Å². The molecular formula is C15H10Cl2F7NOTi. The van der Waals surface area contributed by atoms with Gasteiger partial charge < -0.3 is 5.11 Å². The van der Waals surface area contributed by atoms with Gasteiger partial charge in [-0.1, -0.05) is 12.1 Å². The Bertz CT molecular complexity index is 762. The quantitative estimate of drug-likeness (QED) is 0.177. The van der Waals surface area contributed by atoms with Crippen LogP contribution >= 0.6 is 18.6 Å². The molecular weight excluding hydrogens is 462 g/mol. The Morgan fingerprint density at radius 3 is 1.81 bits per heavy atom. The first-order valence-electron chi connectivity index (χ1n) is 6.60. The van der Waals surface area contributed by atoms with E-state index in [9.17, 15) is 35.8 Å². The topological polar surface area (TPSA) is 32.6 Å². The van der Waals surface area contributed by atoms with Crippen LogP contribution < -0.4 is 0 Å². The molecule has 0 radical (unpaired) electrons. The van der Waals surface area contributed by atoms with E-state index in [1.165, 1.54) is 12.1 Å². The molecule has 0 aliphatic heterocycles. The normalized spacial score (nSPS) is 10.0. The van der Waals surface area contributed by atoms with Crippen molar-refractivity contribution in [1.82, 2.24) is 0 Å². The monoisotopic (exact) mass is 471 g/mol. The predicted molar refractivity (Wildman–Crippen MR) is 85.1 cm³/mol.